The number of methoxy groups -OCH3 is 1. The van der Waals surface area contributed by atoms with Gasteiger partial charge in [0.05, 0.1) is 26.5 Å². The summed E-state index contributed by atoms with van der Waals surface area (Å²) in [6.07, 6.45) is 3.10. The number of hydrogen-bond acceptors (Lipinski definition) is 8. The minimum absolute atomic E-state index is 0.265. The van der Waals surface area contributed by atoms with Crippen molar-refractivity contribution in [2.45, 2.75) is 6.04 Å². The number of anilines is 3. The molecule has 3 aromatic heterocycles. The first kappa shape index (κ1) is 17.7. The molecule has 3 aromatic rings. The van der Waals surface area contributed by atoms with Gasteiger partial charge in [-0.3, -0.25) is 4.79 Å². The molecular formula is C19H21N7O3. The van der Waals surface area contributed by atoms with E-state index in [-0.39, 0.29) is 5.56 Å². The molecule has 2 unspecified atom stereocenters. The second-order valence-corrected chi connectivity index (χ2v) is 7.31. The Hall–Kier alpha value is -3.40. The summed E-state index contributed by atoms with van der Waals surface area (Å²) in [7, 11) is 3.58. The van der Waals surface area contributed by atoms with Crippen molar-refractivity contribution in [2.75, 3.05) is 37.6 Å². The summed E-state index contributed by atoms with van der Waals surface area (Å²) < 4.78 is 12.5. The molecule has 1 aliphatic carbocycles. The highest BCUT2D eigenvalue weighted by Gasteiger charge is 2.56. The van der Waals surface area contributed by atoms with Crippen molar-refractivity contribution in [3.8, 4) is 5.88 Å². The minimum atomic E-state index is -0.575. The predicted molar refractivity (Wildman–Crippen MR) is 106 cm³/mol. The lowest BCUT2D eigenvalue weighted by Crippen LogP contribution is -2.28. The van der Waals surface area contributed by atoms with Crippen molar-refractivity contribution in [1.29, 1.82) is 0 Å². The molecule has 1 amide bonds. The molecular weight excluding hydrogens is 374 g/mol. The zero-order valence-electron chi connectivity index (χ0n) is 16.1. The largest absolute Gasteiger partial charge is 0.480 e. The molecule has 5 rings (SSSR count). The lowest BCUT2D eigenvalue weighted by molar-refractivity contribution is 0.100. The Morgan fingerprint density at radius 2 is 2.21 bits per heavy atom. The summed E-state index contributed by atoms with van der Waals surface area (Å²) in [6, 6.07) is 5.91. The van der Waals surface area contributed by atoms with Crippen molar-refractivity contribution in [3.63, 3.8) is 0 Å². The number of fused-ring (bicyclic) bond motifs is 2. The van der Waals surface area contributed by atoms with Crippen LogP contribution in [-0.2, 0) is 4.74 Å². The fourth-order valence-electron chi connectivity index (χ4n) is 4.16. The van der Waals surface area contributed by atoms with Gasteiger partial charge in [-0.2, -0.15) is 9.61 Å². The van der Waals surface area contributed by atoms with Crippen molar-refractivity contribution in [2.24, 2.45) is 17.6 Å². The summed E-state index contributed by atoms with van der Waals surface area (Å²) in [5.74, 6) is 2.26. The van der Waals surface area contributed by atoms with Gasteiger partial charge < -0.3 is 25.4 Å². The Kier molecular flexibility index (Phi) is 4.02. The molecule has 1 aliphatic heterocycles. The number of rotatable bonds is 6. The van der Waals surface area contributed by atoms with Gasteiger partial charge in [-0.25, -0.2) is 9.97 Å². The Bertz CT molecular complexity index is 1090. The van der Waals surface area contributed by atoms with E-state index in [4.69, 9.17) is 15.2 Å². The highest BCUT2D eigenvalue weighted by Crippen LogP contribution is 2.48. The summed E-state index contributed by atoms with van der Waals surface area (Å²) in [4.78, 5) is 22.8. The van der Waals surface area contributed by atoms with E-state index in [1.807, 2.05) is 19.2 Å². The quantitative estimate of drug-likeness (QED) is 0.636. The number of aromatic nitrogens is 4. The van der Waals surface area contributed by atoms with Crippen molar-refractivity contribution in [1.82, 2.24) is 19.6 Å². The van der Waals surface area contributed by atoms with Crippen molar-refractivity contribution in [3.05, 3.63) is 36.2 Å². The third-order valence-electron chi connectivity index (χ3n) is 5.66. The molecule has 10 heteroatoms. The number of nitrogens with two attached hydrogens (primary N) is 1. The van der Waals surface area contributed by atoms with E-state index in [1.165, 1.54) is 6.20 Å². The van der Waals surface area contributed by atoms with Crippen molar-refractivity contribution < 1.29 is 14.3 Å². The average Bonchev–Trinajstić information content (AvgIpc) is 3.06. The molecule has 0 bridgehead atoms. The van der Waals surface area contributed by atoms with Gasteiger partial charge in [0.15, 0.2) is 5.65 Å². The number of nitrogens with zero attached hydrogens (tertiary/aromatic N) is 5. The highest BCUT2D eigenvalue weighted by atomic mass is 16.5. The topological polar surface area (TPSA) is 120 Å². The fourth-order valence-corrected chi connectivity index (χ4v) is 4.16. The van der Waals surface area contributed by atoms with E-state index in [9.17, 15) is 4.79 Å². The number of pyridine rings is 1. The first-order valence-corrected chi connectivity index (χ1v) is 9.33. The van der Waals surface area contributed by atoms with Crippen LogP contribution in [0.1, 0.15) is 10.4 Å². The highest BCUT2D eigenvalue weighted by molar-refractivity contribution is 5.99. The summed E-state index contributed by atoms with van der Waals surface area (Å²) >= 11 is 0. The molecule has 0 radical (unpaired) electrons. The van der Waals surface area contributed by atoms with Gasteiger partial charge in [0, 0.05) is 37.2 Å². The van der Waals surface area contributed by atoms with E-state index in [2.05, 4.69) is 25.3 Å². The molecule has 3 N–H and O–H groups in total. The Morgan fingerprint density at radius 1 is 1.41 bits per heavy atom. The van der Waals surface area contributed by atoms with Gasteiger partial charge in [-0.05, 0) is 12.1 Å². The van der Waals surface area contributed by atoms with Crippen LogP contribution in [0.25, 0.3) is 5.65 Å². The lowest BCUT2D eigenvalue weighted by Gasteiger charge is -2.23. The third-order valence-corrected chi connectivity index (χ3v) is 5.66. The summed E-state index contributed by atoms with van der Waals surface area (Å²) in [6.45, 7) is 1.55. The molecule has 10 nitrogen and oxygen atoms in total. The second kappa shape index (κ2) is 6.59. The van der Waals surface area contributed by atoms with Crippen LogP contribution in [0.2, 0.25) is 0 Å². The average molecular weight is 395 g/mol. The first-order valence-electron chi connectivity index (χ1n) is 9.33. The maximum absolute atomic E-state index is 11.9. The van der Waals surface area contributed by atoms with E-state index in [1.54, 1.807) is 23.9 Å². The fraction of sp³-hybridized carbons (Fsp3) is 0.368. The molecule has 2 atom stereocenters. The molecule has 150 valence electrons. The smallest absolute Gasteiger partial charge is 0.254 e. The minimum Gasteiger partial charge on any atom is -0.480 e. The van der Waals surface area contributed by atoms with E-state index >= 15 is 0 Å². The standard InChI is InChI=1S/C19H21N7O3/c1-25(16-11-8-29-9-12(11)16)15-6-14(23-13-4-3-5-21-19(13)28-2)24-18-10(17(20)27)7-22-26(15)18/h3-7,11-12,16H,8-9H2,1-2H3,(H2,20,27)(H,23,24). The number of amides is 1. The number of carbonyl (C=O) groups excluding carboxylic acids is 1. The molecule has 0 aromatic carbocycles. The van der Waals surface area contributed by atoms with Crippen LogP contribution in [-0.4, -0.2) is 58.9 Å². The SMILES string of the molecule is COc1ncccc1Nc1cc(N(C)C2C3COCC32)n2ncc(C(N)=O)c2n1. The maximum Gasteiger partial charge on any atom is 0.254 e. The molecule has 1 saturated carbocycles. The number of nitrogens with one attached hydrogen (secondary N) is 1. The number of hydrogen-bond donors (Lipinski definition) is 2. The van der Waals surface area contributed by atoms with Crippen LogP contribution in [0.4, 0.5) is 17.3 Å². The molecule has 2 fully saturated rings. The van der Waals surface area contributed by atoms with Gasteiger partial charge in [0.25, 0.3) is 5.91 Å². The van der Waals surface area contributed by atoms with Crippen molar-refractivity contribution >= 4 is 28.9 Å². The van der Waals surface area contributed by atoms with Crippen LogP contribution in [0.3, 0.4) is 0 Å². The third kappa shape index (κ3) is 2.83. The monoisotopic (exact) mass is 395 g/mol. The Balaban J connectivity index is 1.59. The molecule has 1 saturated heterocycles. The predicted octanol–water partition coefficient (Wildman–Crippen LogP) is 1.06. The normalized spacial score (nSPS) is 22.3. The lowest BCUT2D eigenvalue weighted by atomic mass is 10.3. The Morgan fingerprint density at radius 3 is 2.93 bits per heavy atom. The molecule has 2 aliphatic rings. The number of carbonyl (C=O) groups is 1. The van der Waals surface area contributed by atoms with Crippen LogP contribution in [0, 0.1) is 11.8 Å². The van der Waals surface area contributed by atoms with Gasteiger partial charge in [0.1, 0.15) is 22.9 Å². The van der Waals surface area contributed by atoms with Crippen LogP contribution < -0.4 is 20.7 Å². The van der Waals surface area contributed by atoms with E-state index in [0.717, 1.165) is 19.0 Å². The van der Waals surface area contributed by atoms with Gasteiger partial charge in [-0.15, -0.1) is 0 Å². The Labute approximate surface area is 166 Å². The van der Waals surface area contributed by atoms with Crippen LogP contribution >= 0.6 is 0 Å². The summed E-state index contributed by atoms with van der Waals surface area (Å²) in [5.41, 5.74) is 6.86. The van der Waals surface area contributed by atoms with E-state index < -0.39 is 5.91 Å². The van der Waals surface area contributed by atoms with E-state index in [0.29, 0.717) is 40.9 Å². The zero-order chi connectivity index (χ0) is 20.1. The second-order valence-electron chi connectivity index (χ2n) is 7.31. The van der Waals surface area contributed by atoms with Crippen LogP contribution in [0.15, 0.2) is 30.6 Å². The number of ether oxygens (including phenoxy) is 2. The molecule has 29 heavy (non-hydrogen) atoms. The molecule has 0 spiro atoms. The van der Waals surface area contributed by atoms with Crippen LogP contribution in [0.5, 0.6) is 5.88 Å². The van der Waals surface area contributed by atoms with Gasteiger partial charge in [0.2, 0.25) is 5.88 Å². The van der Waals surface area contributed by atoms with Gasteiger partial charge >= 0.3 is 0 Å². The number of primary amides is 1. The molecule has 4 heterocycles. The first-order chi connectivity index (χ1) is 14.1. The maximum atomic E-state index is 11.9. The van der Waals surface area contributed by atoms with Gasteiger partial charge in [-0.1, -0.05) is 0 Å². The summed E-state index contributed by atoms with van der Waals surface area (Å²) in [5, 5.41) is 7.60. The zero-order valence-corrected chi connectivity index (χ0v) is 16.1.